The molecule has 0 aromatic rings. The van der Waals surface area contributed by atoms with Crippen LogP contribution in [0.5, 0.6) is 0 Å². The summed E-state index contributed by atoms with van der Waals surface area (Å²) >= 11 is 3.13. The Morgan fingerprint density at radius 2 is 0.935 bits per heavy atom. The molecule has 0 saturated heterocycles. The highest BCUT2D eigenvalue weighted by atomic mass is 79.9. The molecule has 0 atom stereocenters. The van der Waals surface area contributed by atoms with Crippen molar-refractivity contribution in [1.82, 2.24) is 5.32 Å². The molecule has 6 nitrogen and oxygen atoms in total. The number of quaternary nitrogens is 3. The lowest BCUT2D eigenvalue weighted by atomic mass is 10.2. The Labute approximate surface area is 327 Å². The normalized spacial score (nSPS) is 9.67. The third-order valence-corrected chi connectivity index (χ3v) is 7.27. The van der Waals surface area contributed by atoms with Crippen LogP contribution in [0.25, 0.3) is 0 Å². The second-order valence-electron chi connectivity index (χ2n) is 10.6. The molecule has 276 valence electrons. The number of nitrogens with one attached hydrogen (secondary N) is 3. The summed E-state index contributed by atoms with van der Waals surface area (Å²) in [4.78, 5) is 3.08. The highest BCUT2D eigenvalue weighted by Crippen LogP contribution is 2.11. The third kappa shape index (κ3) is 43.9. The Morgan fingerprint density at radius 1 is 0.543 bits per heavy atom. The molecule has 46 heavy (non-hydrogen) atoms. The fourth-order valence-corrected chi connectivity index (χ4v) is 4.72. The Bertz CT molecular complexity index is 626. The van der Waals surface area contributed by atoms with Gasteiger partial charge in [-0.3, -0.25) is 0 Å². The quantitative estimate of drug-likeness (QED) is 0.0226. The molecule has 0 aliphatic heterocycles. The van der Waals surface area contributed by atoms with E-state index >= 15 is 0 Å². The van der Waals surface area contributed by atoms with Crippen LogP contribution in [0, 0.1) is 0 Å². The summed E-state index contributed by atoms with van der Waals surface area (Å²) in [5.74, 6) is 0. The number of nitrogens with zero attached hydrogens (tertiary/aromatic N) is 1. The predicted molar refractivity (Wildman–Crippen MR) is 201 cm³/mol. The van der Waals surface area contributed by atoms with Crippen LogP contribution in [-0.4, -0.2) is 101 Å². The first-order valence-corrected chi connectivity index (χ1v) is 17.0. The van der Waals surface area contributed by atoms with Gasteiger partial charge in [0, 0.05) is 24.6 Å². The van der Waals surface area contributed by atoms with Crippen LogP contribution in [0.3, 0.4) is 0 Å². The van der Waals surface area contributed by atoms with E-state index in [9.17, 15) is 0 Å². The number of alkyl halides is 1. The van der Waals surface area contributed by atoms with Gasteiger partial charge in [0.2, 0.25) is 0 Å². The van der Waals surface area contributed by atoms with E-state index in [0.29, 0.717) is 0 Å². The Hall–Kier alpha value is -0.140. The van der Waals surface area contributed by atoms with E-state index in [0.717, 1.165) is 94.6 Å². The van der Waals surface area contributed by atoms with Crippen LogP contribution >= 0.6 is 15.9 Å². The maximum atomic E-state index is 5.32. The second-order valence-corrected chi connectivity index (χ2v) is 11.2. The standard InChI is InChI=1S/C25H44N3.C7H19N3.C3H5Br.CH4.3BrH/c1-7-16-26(17-8-2)20-13-14-24-28(22-11-5,23-12-6)25-15-21-27(18-9-3)19-10-4;8-4-1-2-6-10-7-3-5-9;1-2-3-4;;;;/h7-12H,1-6,13-25H2;10H,1-9H2;2H,1,3H2;1H4;3*1H/q+1;;;;;;/p-1. The number of hydrogen-bond donors (Lipinski definition) is 5. The molecule has 0 saturated carbocycles. The van der Waals surface area contributed by atoms with Crippen molar-refractivity contribution in [3.05, 3.63) is 88.6 Å². The van der Waals surface area contributed by atoms with E-state index in [1.54, 1.807) is 11.0 Å². The van der Waals surface area contributed by atoms with E-state index in [-0.39, 0.29) is 58.4 Å². The van der Waals surface area contributed by atoms with Crippen molar-refractivity contribution in [2.24, 2.45) is 11.5 Å². The molecule has 0 amide bonds. The van der Waals surface area contributed by atoms with Crippen molar-refractivity contribution in [1.29, 1.82) is 0 Å². The molecule has 0 aliphatic carbocycles. The summed E-state index contributed by atoms with van der Waals surface area (Å²) in [6, 6.07) is 0. The zero-order chi connectivity index (χ0) is 32.2. The largest absolute Gasteiger partial charge is 1.00 e. The van der Waals surface area contributed by atoms with Crippen LogP contribution in [0.1, 0.15) is 46.0 Å². The maximum Gasteiger partial charge on any atom is 0.0973 e. The fraction of sp³-hybridized carbons (Fsp3) is 0.611. The van der Waals surface area contributed by atoms with E-state index in [1.807, 2.05) is 24.3 Å². The molecule has 0 unspecified atom stereocenters. The summed E-state index contributed by atoms with van der Waals surface area (Å²) in [6.45, 7) is 41.5. The van der Waals surface area contributed by atoms with Gasteiger partial charge in [-0.25, -0.2) is 0 Å². The molecule has 0 rings (SSSR count). The molecule has 0 spiro atoms. The number of unbranched alkanes of at least 4 members (excludes halogenated alkanes) is 2. The molecule has 0 aromatic heterocycles. The van der Waals surface area contributed by atoms with Gasteiger partial charge in [-0.2, -0.15) is 0 Å². The molecule has 0 bridgehead atoms. The smallest absolute Gasteiger partial charge is 0.0973 e. The molecule has 0 radical (unpaired) electrons. The van der Waals surface area contributed by atoms with E-state index in [2.05, 4.69) is 79.5 Å². The van der Waals surface area contributed by atoms with Gasteiger partial charge in [0.1, 0.15) is 0 Å². The van der Waals surface area contributed by atoms with Gasteiger partial charge in [-0.1, -0.05) is 68.9 Å². The molecule has 0 aliphatic rings. The van der Waals surface area contributed by atoms with Gasteiger partial charge in [-0.15, -0.1) is 6.58 Å². The third-order valence-electron chi connectivity index (χ3n) is 6.81. The minimum Gasteiger partial charge on any atom is -1.00 e. The van der Waals surface area contributed by atoms with E-state index in [1.165, 1.54) is 50.2 Å². The Kier molecular flexibility index (Phi) is 68.7. The lowest BCUT2D eigenvalue weighted by molar-refractivity contribution is -0.927. The van der Waals surface area contributed by atoms with Crippen molar-refractivity contribution in [2.45, 2.75) is 46.0 Å². The average molecular weight is 911 g/mol. The number of nitrogens with two attached hydrogens (primary N) is 2. The zero-order valence-corrected chi connectivity index (χ0v) is 34.8. The highest BCUT2D eigenvalue weighted by molar-refractivity contribution is 9.09. The summed E-state index contributed by atoms with van der Waals surface area (Å²) in [5, 5.41) is 4.18. The minimum absolute atomic E-state index is 0. The predicted octanol–water partition coefficient (Wildman–Crippen LogP) is -5.26. The highest BCUT2D eigenvalue weighted by Gasteiger charge is 2.25. The first-order chi connectivity index (χ1) is 20.4. The Morgan fingerprint density at radius 3 is 1.30 bits per heavy atom. The van der Waals surface area contributed by atoms with Crippen molar-refractivity contribution in [2.75, 3.05) is 97.0 Å². The van der Waals surface area contributed by atoms with Crippen molar-refractivity contribution in [3.8, 4) is 0 Å². The molecule has 0 aromatic carbocycles. The van der Waals surface area contributed by atoms with E-state index < -0.39 is 0 Å². The van der Waals surface area contributed by atoms with Gasteiger partial charge < -0.3 is 82.0 Å². The number of allylic oxidation sites excluding steroid dienone is 1. The summed E-state index contributed by atoms with van der Waals surface area (Å²) < 4.78 is 1.07. The fourth-order valence-electron chi connectivity index (χ4n) is 4.72. The minimum atomic E-state index is 0. The number of rotatable bonds is 29. The van der Waals surface area contributed by atoms with Crippen LogP contribution in [0.15, 0.2) is 88.6 Å². The number of hydrogen-bond acceptors (Lipinski definition) is 3. The topological polar surface area (TPSA) is 73.0 Å². The summed E-state index contributed by atoms with van der Waals surface area (Å²) in [6.07, 6.45) is 21.0. The van der Waals surface area contributed by atoms with Gasteiger partial charge in [0.15, 0.2) is 0 Å². The van der Waals surface area contributed by atoms with Crippen LogP contribution < -0.4 is 77.5 Å². The van der Waals surface area contributed by atoms with Crippen molar-refractivity contribution in [3.63, 3.8) is 0 Å². The molecular weight excluding hydrogens is 836 g/mol. The molecule has 10 heteroatoms. The number of halogens is 4. The first kappa shape index (κ1) is 61.1. The summed E-state index contributed by atoms with van der Waals surface area (Å²) in [5.41, 5.74) is 10.6. The maximum absolute atomic E-state index is 5.32. The lowest BCUT2D eigenvalue weighted by Gasteiger charge is -2.37. The van der Waals surface area contributed by atoms with Crippen molar-refractivity contribution >= 4 is 15.9 Å². The van der Waals surface area contributed by atoms with Crippen LogP contribution in [0.2, 0.25) is 0 Å². The van der Waals surface area contributed by atoms with Crippen LogP contribution in [-0.2, 0) is 0 Å². The lowest BCUT2D eigenvalue weighted by Crippen LogP contribution is -3.11. The van der Waals surface area contributed by atoms with Crippen molar-refractivity contribution < 1.29 is 65.2 Å². The van der Waals surface area contributed by atoms with Gasteiger partial charge in [0.05, 0.1) is 65.4 Å². The summed E-state index contributed by atoms with van der Waals surface area (Å²) in [7, 11) is 0. The van der Waals surface area contributed by atoms with Gasteiger partial charge in [0.25, 0.3) is 0 Å². The average Bonchev–Trinajstić information content (AvgIpc) is 2.98. The molecule has 0 heterocycles. The monoisotopic (exact) mass is 906 g/mol. The second kappa shape index (κ2) is 51.7. The van der Waals surface area contributed by atoms with Gasteiger partial charge in [-0.05, 0) is 81.9 Å². The molecule has 7 N–H and O–H groups in total. The van der Waals surface area contributed by atoms with Crippen LogP contribution in [0.4, 0.5) is 0 Å². The van der Waals surface area contributed by atoms with Gasteiger partial charge >= 0.3 is 0 Å². The van der Waals surface area contributed by atoms with E-state index in [4.69, 9.17) is 11.5 Å². The first-order valence-electron chi connectivity index (χ1n) is 15.9. The Balaban J connectivity index is -0.000000142. The SMILES string of the molecule is C.C=CCBr.C=CC[NH+](CC=C)CCCC[N+](CC=C)(CC=C)CCC[NH+](CC=C)CC=C.NCCCCNCCCN.[Br-].[Br-].[Br-]. The zero-order valence-electron chi connectivity index (χ0n) is 28.5. The molecule has 0 fully saturated rings. The molecular formula is C36H74Br4N6.